The first-order valence-corrected chi connectivity index (χ1v) is 0.258. The Kier molecular flexibility index (Phi) is 943. The molecule has 0 saturated carbocycles. The van der Waals surface area contributed by atoms with Gasteiger partial charge in [-0.15, -0.1) is 0 Å². The average molecular weight is 195 g/mol. The van der Waals surface area contributed by atoms with Crippen LogP contribution in [0.3, 0.4) is 0 Å². The second-order valence-electron chi connectivity index (χ2n) is 0. The minimum absolute atomic E-state index is 0. The largest absolute Gasteiger partial charge is 3.00 e. The zero-order chi connectivity index (χ0) is 2.00. The van der Waals surface area contributed by atoms with E-state index >= 15 is 0 Å². The van der Waals surface area contributed by atoms with Gasteiger partial charge < -0.3 is 42.4 Å². The van der Waals surface area contributed by atoms with E-state index in [4.69, 9.17) is 5.21 Å². The molecule has 0 bridgehead atoms. The summed E-state index contributed by atoms with van der Waals surface area (Å²) in [6.45, 7) is 0. The second kappa shape index (κ2) is 104. The van der Waals surface area contributed by atoms with Crippen LogP contribution < -0.4 is 43.1 Å². The number of hydrogen-bond acceptors (Lipinski definition) is 2. The Morgan fingerprint density at radius 2 is 0.833 bits per heavy atom. The molecular weight excluding hydrogens is 192 g/mol. The number of hydrogen-bond donors (Lipinski definition) is 2. The molecule has 0 amide bonds. The first-order chi connectivity index (χ1) is 1.00. The van der Waals surface area contributed by atoms with E-state index in [-0.39, 0.29) is 54.3 Å². The van der Waals surface area contributed by atoms with Gasteiger partial charge >= 0.3 is 17.1 Å². The molecular formula is H3Cl3FeNO. The fourth-order valence-corrected chi connectivity index (χ4v) is 0. The van der Waals surface area contributed by atoms with Gasteiger partial charge in [0.25, 0.3) is 0 Å². The molecule has 0 spiro atoms. The molecule has 2 nitrogen and oxygen atoms in total. The number of rotatable bonds is 0. The molecule has 0 aliphatic heterocycles. The molecule has 3 N–H and O–H groups in total. The Morgan fingerprint density at radius 1 is 0.833 bits per heavy atom. The van der Waals surface area contributed by atoms with Gasteiger partial charge in [0.2, 0.25) is 0 Å². The van der Waals surface area contributed by atoms with Crippen LogP contribution in [0, 0.1) is 0 Å². The standard InChI is InChI=1S/3ClH.Fe.H3NO/c;;;;1-2/h3*1H;;2H,1H2/q;;;+3;/p-3. The summed E-state index contributed by atoms with van der Waals surface area (Å²) >= 11 is 0. The first kappa shape index (κ1) is 54.6. The Morgan fingerprint density at radius 3 is 0.833 bits per heavy atom. The van der Waals surface area contributed by atoms with Crippen molar-refractivity contribution in [2.45, 2.75) is 0 Å². The third-order valence-corrected chi connectivity index (χ3v) is 0. The van der Waals surface area contributed by atoms with Crippen LogP contribution in [-0.4, -0.2) is 5.21 Å². The van der Waals surface area contributed by atoms with Gasteiger partial charge in [0.1, 0.15) is 0 Å². The summed E-state index contributed by atoms with van der Waals surface area (Å²) in [4.78, 5) is 0. The van der Waals surface area contributed by atoms with Crippen molar-refractivity contribution >= 4 is 0 Å². The zero-order valence-corrected chi connectivity index (χ0v) is 5.88. The fourth-order valence-electron chi connectivity index (χ4n) is 0. The SMILES string of the molecule is NO.[Cl-].[Cl-].[Cl-].[Fe+3]. The van der Waals surface area contributed by atoms with Crippen LogP contribution in [0.2, 0.25) is 0 Å². The normalized spacial score (nSPS) is 1.00. The second-order valence-corrected chi connectivity index (χ2v) is 0. The topological polar surface area (TPSA) is 46.2 Å². The molecule has 6 heteroatoms. The van der Waals surface area contributed by atoms with E-state index < -0.39 is 0 Å². The van der Waals surface area contributed by atoms with Crippen molar-refractivity contribution in [3.05, 3.63) is 0 Å². The van der Waals surface area contributed by atoms with Crippen LogP contribution in [0.25, 0.3) is 0 Å². The quantitative estimate of drug-likeness (QED) is 0.298. The van der Waals surface area contributed by atoms with E-state index in [0.717, 1.165) is 0 Å². The van der Waals surface area contributed by atoms with Gasteiger partial charge in [0, 0.05) is 0 Å². The van der Waals surface area contributed by atoms with Crippen molar-refractivity contribution in [1.29, 1.82) is 0 Å². The Labute approximate surface area is 65.5 Å². The van der Waals surface area contributed by atoms with E-state index in [9.17, 15) is 0 Å². The molecule has 0 atom stereocenters. The van der Waals surface area contributed by atoms with Gasteiger partial charge in [-0.2, -0.15) is 0 Å². The molecule has 0 aromatic carbocycles. The molecule has 0 aromatic heterocycles. The molecule has 1 radical (unpaired) electrons. The molecule has 0 rings (SSSR count). The molecule has 43 valence electrons. The monoisotopic (exact) mass is 194 g/mol. The Hall–Kier alpha value is 1.31. The summed E-state index contributed by atoms with van der Waals surface area (Å²) < 4.78 is 0. The molecule has 0 unspecified atom stereocenters. The zero-order valence-electron chi connectivity index (χ0n) is 2.51. The van der Waals surface area contributed by atoms with Gasteiger partial charge in [-0.25, -0.2) is 5.90 Å². The molecule has 0 aromatic rings. The van der Waals surface area contributed by atoms with Crippen LogP contribution in [0.5, 0.6) is 0 Å². The molecule has 0 heterocycles. The number of nitrogens with two attached hydrogens (primary N) is 1. The van der Waals surface area contributed by atoms with Gasteiger partial charge in [-0.05, 0) is 0 Å². The fraction of sp³-hybridized carbons (Fsp3) is 0. The number of halogens is 3. The van der Waals surface area contributed by atoms with E-state index in [0.29, 0.717) is 0 Å². The Bertz CT molecular complexity index is 10.8. The average Bonchev–Trinajstić information content (AvgIpc) is 1.00. The van der Waals surface area contributed by atoms with Crippen molar-refractivity contribution in [2.24, 2.45) is 5.90 Å². The minimum atomic E-state index is 0. The summed E-state index contributed by atoms with van der Waals surface area (Å²) in [5.41, 5.74) is 0. The predicted molar refractivity (Wildman–Crippen MR) is 5.97 cm³/mol. The van der Waals surface area contributed by atoms with Crippen LogP contribution >= 0.6 is 0 Å². The molecule has 0 aliphatic rings. The maximum atomic E-state index is 6.50. The maximum Gasteiger partial charge on any atom is 3.00 e. The van der Waals surface area contributed by atoms with Gasteiger partial charge in [0.15, 0.2) is 0 Å². The van der Waals surface area contributed by atoms with Crippen molar-refractivity contribution in [3.63, 3.8) is 0 Å². The van der Waals surface area contributed by atoms with Crippen molar-refractivity contribution in [3.8, 4) is 0 Å². The van der Waals surface area contributed by atoms with E-state index in [1.165, 1.54) is 0 Å². The summed E-state index contributed by atoms with van der Waals surface area (Å²) in [6.07, 6.45) is 0. The van der Waals surface area contributed by atoms with E-state index in [2.05, 4.69) is 5.90 Å². The van der Waals surface area contributed by atoms with Crippen LogP contribution in [0.1, 0.15) is 0 Å². The van der Waals surface area contributed by atoms with Crippen molar-refractivity contribution in [2.75, 3.05) is 0 Å². The van der Waals surface area contributed by atoms with Gasteiger partial charge in [-0.3, -0.25) is 0 Å². The van der Waals surface area contributed by atoms with E-state index in [1.807, 2.05) is 0 Å². The smallest absolute Gasteiger partial charge is 1.00 e. The molecule has 0 aliphatic carbocycles. The van der Waals surface area contributed by atoms with Crippen molar-refractivity contribution < 1.29 is 59.5 Å². The van der Waals surface area contributed by atoms with Crippen LogP contribution in [-0.2, 0) is 17.1 Å². The third-order valence-electron chi connectivity index (χ3n) is 0. The summed E-state index contributed by atoms with van der Waals surface area (Å²) in [6, 6.07) is 0. The first-order valence-electron chi connectivity index (χ1n) is 0.258. The van der Waals surface area contributed by atoms with Gasteiger partial charge in [-0.1, -0.05) is 0 Å². The van der Waals surface area contributed by atoms with Gasteiger partial charge in [0.05, 0.1) is 0 Å². The predicted octanol–water partition coefficient (Wildman–Crippen LogP) is -9.66. The Balaban J connectivity index is -0.000000000833. The summed E-state index contributed by atoms with van der Waals surface area (Å²) in [5, 5.41) is 6.50. The molecule has 0 fully saturated rings. The van der Waals surface area contributed by atoms with Crippen LogP contribution in [0.15, 0.2) is 0 Å². The van der Waals surface area contributed by atoms with Crippen LogP contribution in [0.4, 0.5) is 0 Å². The van der Waals surface area contributed by atoms with Crippen molar-refractivity contribution in [1.82, 2.24) is 0 Å². The summed E-state index contributed by atoms with van der Waals surface area (Å²) in [7, 11) is 0. The third kappa shape index (κ3) is 57.5. The maximum absolute atomic E-state index is 6.50. The summed E-state index contributed by atoms with van der Waals surface area (Å²) in [5.74, 6) is 3.50. The molecule has 0 saturated heterocycles. The van der Waals surface area contributed by atoms with E-state index in [1.54, 1.807) is 0 Å². The minimum Gasteiger partial charge on any atom is -1.00 e. The molecule has 6 heavy (non-hydrogen) atoms.